The smallest absolute Gasteiger partial charge is 0.257 e. The van der Waals surface area contributed by atoms with Gasteiger partial charge in [0.15, 0.2) is 0 Å². The van der Waals surface area contributed by atoms with Crippen molar-refractivity contribution in [1.29, 1.82) is 0 Å². The molecule has 0 spiro atoms. The number of nitrogens with one attached hydrogen (secondary N) is 2. The molecule has 1 aliphatic heterocycles. The van der Waals surface area contributed by atoms with Crippen LogP contribution in [0.3, 0.4) is 0 Å². The van der Waals surface area contributed by atoms with Crippen LogP contribution in [0.15, 0.2) is 18.5 Å². The van der Waals surface area contributed by atoms with Crippen molar-refractivity contribution in [1.82, 2.24) is 24.7 Å². The Hall–Kier alpha value is -1.83. The molecule has 112 valence electrons. The summed E-state index contributed by atoms with van der Waals surface area (Å²) in [4.78, 5) is 13.1. The largest absolute Gasteiger partial charge is 0.357 e. The van der Waals surface area contributed by atoms with Gasteiger partial charge in [0, 0.05) is 26.0 Å². The fourth-order valence-corrected chi connectivity index (χ4v) is 3.44. The maximum Gasteiger partial charge on any atom is 0.257 e. The van der Waals surface area contributed by atoms with Crippen LogP contribution in [0.5, 0.6) is 0 Å². The van der Waals surface area contributed by atoms with Gasteiger partial charge in [-0.05, 0) is 36.3 Å². The van der Waals surface area contributed by atoms with Gasteiger partial charge < -0.3 is 10.6 Å². The summed E-state index contributed by atoms with van der Waals surface area (Å²) in [7, 11) is 1.80. The molecule has 21 heavy (non-hydrogen) atoms. The first kappa shape index (κ1) is 14.1. The van der Waals surface area contributed by atoms with Crippen LogP contribution in [-0.4, -0.2) is 49.8 Å². The monoisotopic (exact) mass is 305 g/mol. The molecule has 2 aromatic rings. The quantitative estimate of drug-likeness (QED) is 0.869. The molecule has 3 rings (SSSR count). The first-order valence-corrected chi connectivity index (χ1v) is 8.26. The van der Waals surface area contributed by atoms with Crippen molar-refractivity contribution in [3.8, 4) is 5.95 Å². The van der Waals surface area contributed by atoms with Crippen molar-refractivity contribution in [3.05, 3.63) is 18.5 Å². The molecule has 1 saturated heterocycles. The minimum atomic E-state index is 0.515. The van der Waals surface area contributed by atoms with E-state index in [0.717, 1.165) is 6.54 Å². The SMILES string of the molecule is CNc1nc(NCC2CCSCC2)nc(-n2cccn2)n1. The van der Waals surface area contributed by atoms with Crippen LogP contribution in [-0.2, 0) is 0 Å². The lowest BCUT2D eigenvalue weighted by Gasteiger charge is -2.21. The van der Waals surface area contributed by atoms with Crippen LogP contribution in [0.4, 0.5) is 11.9 Å². The zero-order valence-corrected chi connectivity index (χ0v) is 12.8. The third kappa shape index (κ3) is 3.63. The Bertz CT molecular complexity index is 566. The summed E-state index contributed by atoms with van der Waals surface area (Å²) in [5.41, 5.74) is 0. The van der Waals surface area contributed by atoms with E-state index < -0.39 is 0 Å². The number of thioether (sulfide) groups is 1. The molecule has 0 radical (unpaired) electrons. The molecule has 0 amide bonds. The highest BCUT2D eigenvalue weighted by molar-refractivity contribution is 7.99. The van der Waals surface area contributed by atoms with E-state index in [9.17, 15) is 0 Å². The summed E-state index contributed by atoms with van der Waals surface area (Å²) in [6, 6.07) is 1.84. The van der Waals surface area contributed by atoms with Crippen LogP contribution in [0.25, 0.3) is 5.95 Å². The fourth-order valence-electron chi connectivity index (χ4n) is 2.23. The average molecular weight is 305 g/mol. The summed E-state index contributed by atoms with van der Waals surface area (Å²) >= 11 is 2.04. The van der Waals surface area contributed by atoms with E-state index in [-0.39, 0.29) is 0 Å². The van der Waals surface area contributed by atoms with Gasteiger partial charge in [0.2, 0.25) is 11.9 Å². The van der Waals surface area contributed by atoms with Crippen molar-refractivity contribution in [2.75, 3.05) is 35.7 Å². The summed E-state index contributed by atoms with van der Waals surface area (Å²) in [6.45, 7) is 0.909. The Labute approximate surface area is 128 Å². The topological polar surface area (TPSA) is 80.5 Å². The van der Waals surface area contributed by atoms with Gasteiger partial charge in [-0.3, -0.25) is 0 Å². The van der Waals surface area contributed by atoms with Crippen LogP contribution in [0.2, 0.25) is 0 Å². The second kappa shape index (κ2) is 6.75. The van der Waals surface area contributed by atoms with E-state index in [1.54, 1.807) is 17.9 Å². The summed E-state index contributed by atoms with van der Waals surface area (Å²) < 4.78 is 1.63. The maximum atomic E-state index is 4.43. The van der Waals surface area contributed by atoms with Gasteiger partial charge in [0.25, 0.3) is 5.95 Å². The molecule has 0 unspecified atom stereocenters. The van der Waals surface area contributed by atoms with Crippen molar-refractivity contribution in [3.63, 3.8) is 0 Å². The third-order valence-corrected chi connectivity index (χ3v) is 4.50. The van der Waals surface area contributed by atoms with Crippen LogP contribution < -0.4 is 10.6 Å². The van der Waals surface area contributed by atoms with Crippen molar-refractivity contribution >= 4 is 23.7 Å². The summed E-state index contributed by atoms with van der Waals surface area (Å²) in [6.07, 6.45) is 6.04. The number of hydrogen-bond acceptors (Lipinski definition) is 7. The second-order valence-electron chi connectivity index (χ2n) is 4.92. The van der Waals surface area contributed by atoms with E-state index >= 15 is 0 Å². The summed E-state index contributed by atoms with van der Waals surface area (Å²) in [5.74, 6) is 4.86. The van der Waals surface area contributed by atoms with Crippen molar-refractivity contribution in [2.45, 2.75) is 12.8 Å². The lowest BCUT2D eigenvalue weighted by molar-refractivity contribution is 0.514. The Morgan fingerprint density at radius 1 is 1.24 bits per heavy atom. The minimum absolute atomic E-state index is 0.515. The molecule has 1 fully saturated rings. The molecule has 2 N–H and O–H groups in total. The third-order valence-electron chi connectivity index (χ3n) is 3.45. The first-order valence-electron chi connectivity index (χ1n) is 7.10. The average Bonchev–Trinajstić information content (AvgIpc) is 3.08. The minimum Gasteiger partial charge on any atom is -0.357 e. The molecule has 2 aromatic heterocycles. The zero-order valence-electron chi connectivity index (χ0n) is 12.0. The van der Waals surface area contributed by atoms with Crippen molar-refractivity contribution < 1.29 is 0 Å². The predicted molar refractivity (Wildman–Crippen MR) is 85.0 cm³/mol. The predicted octanol–water partition coefficient (Wildman–Crippen LogP) is 1.65. The molecule has 0 aliphatic carbocycles. The van der Waals surface area contributed by atoms with E-state index in [1.165, 1.54) is 24.3 Å². The molecular weight excluding hydrogens is 286 g/mol. The lowest BCUT2D eigenvalue weighted by Crippen LogP contribution is -2.21. The highest BCUT2D eigenvalue weighted by Crippen LogP contribution is 2.22. The van der Waals surface area contributed by atoms with Crippen LogP contribution in [0.1, 0.15) is 12.8 Å². The van der Waals surface area contributed by atoms with Gasteiger partial charge in [0.1, 0.15) is 0 Å². The maximum absolute atomic E-state index is 4.43. The standard InChI is InChI=1S/C13H19N7S/c1-14-11-17-12(15-9-10-3-7-21-8-4-10)19-13(18-11)20-6-2-5-16-20/h2,5-6,10H,3-4,7-9H2,1H3,(H2,14,15,17,18,19). The molecular formula is C13H19N7S. The van der Waals surface area contributed by atoms with Gasteiger partial charge in [-0.2, -0.15) is 31.8 Å². The van der Waals surface area contributed by atoms with Crippen LogP contribution >= 0.6 is 11.8 Å². The van der Waals surface area contributed by atoms with Gasteiger partial charge in [-0.15, -0.1) is 0 Å². The second-order valence-corrected chi connectivity index (χ2v) is 6.14. The molecule has 8 heteroatoms. The van der Waals surface area contributed by atoms with Crippen molar-refractivity contribution in [2.24, 2.45) is 5.92 Å². The van der Waals surface area contributed by atoms with Crippen LogP contribution in [0, 0.1) is 5.92 Å². The van der Waals surface area contributed by atoms with E-state index in [0.29, 0.717) is 23.8 Å². The highest BCUT2D eigenvalue weighted by Gasteiger charge is 2.14. The number of anilines is 2. The normalized spacial score (nSPS) is 15.9. The summed E-state index contributed by atoms with van der Waals surface area (Å²) in [5, 5.41) is 10.5. The zero-order chi connectivity index (χ0) is 14.5. The van der Waals surface area contributed by atoms with Gasteiger partial charge in [-0.25, -0.2) is 4.68 Å². The number of aromatic nitrogens is 5. The molecule has 1 aliphatic rings. The Balaban J connectivity index is 1.73. The Morgan fingerprint density at radius 3 is 2.76 bits per heavy atom. The van der Waals surface area contributed by atoms with Gasteiger partial charge in [0.05, 0.1) is 0 Å². The molecule has 0 bridgehead atoms. The van der Waals surface area contributed by atoms with E-state index in [1.807, 2.05) is 24.0 Å². The number of rotatable bonds is 5. The Morgan fingerprint density at radius 2 is 2.05 bits per heavy atom. The molecule has 3 heterocycles. The number of nitrogens with zero attached hydrogens (tertiary/aromatic N) is 5. The van der Waals surface area contributed by atoms with E-state index in [2.05, 4.69) is 30.7 Å². The molecule has 0 saturated carbocycles. The van der Waals surface area contributed by atoms with Gasteiger partial charge in [-0.1, -0.05) is 0 Å². The first-order chi connectivity index (χ1) is 10.3. The molecule has 7 nitrogen and oxygen atoms in total. The fraction of sp³-hybridized carbons (Fsp3) is 0.538. The van der Waals surface area contributed by atoms with Gasteiger partial charge >= 0.3 is 0 Å². The number of hydrogen-bond donors (Lipinski definition) is 2. The lowest BCUT2D eigenvalue weighted by atomic mass is 10.0. The highest BCUT2D eigenvalue weighted by atomic mass is 32.2. The Kier molecular flexibility index (Phi) is 4.54. The molecule has 0 atom stereocenters. The van der Waals surface area contributed by atoms with E-state index in [4.69, 9.17) is 0 Å². The molecule has 0 aromatic carbocycles.